The predicted molar refractivity (Wildman–Crippen MR) is 141 cm³/mol. The zero-order chi connectivity index (χ0) is 27.6. The van der Waals surface area contributed by atoms with Gasteiger partial charge in [0.1, 0.15) is 5.82 Å². The normalized spacial score (nSPS) is 18.3. The molecule has 0 unspecified atom stereocenters. The van der Waals surface area contributed by atoms with E-state index in [1.807, 2.05) is 7.05 Å². The highest BCUT2D eigenvalue weighted by Gasteiger charge is 2.27. The Hall–Kier alpha value is -3.54. The van der Waals surface area contributed by atoms with Crippen LogP contribution in [0.15, 0.2) is 18.2 Å². The van der Waals surface area contributed by atoms with E-state index >= 15 is 0 Å². The van der Waals surface area contributed by atoms with Crippen molar-refractivity contribution in [2.24, 2.45) is 0 Å². The van der Waals surface area contributed by atoms with Gasteiger partial charge in [-0.1, -0.05) is 0 Å². The van der Waals surface area contributed by atoms with Crippen molar-refractivity contribution in [3.63, 3.8) is 0 Å². The largest absolute Gasteiger partial charge is 0.392 e. The third-order valence-electron chi connectivity index (χ3n) is 7.07. The number of piperazine rings is 1. The lowest BCUT2D eigenvalue weighted by Crippen LogP contribution is -2.48. The van der Waals surface area contributed by atoms with Gasteiger partial charge in [0, 0.05) is 61.8 Å². The van der Waals surface area contributed by atoms with Crippen LogP contribution >= 0.6 is 0 Å². The van der Waals surface area contributed by atoms with Crippen molar-refractivity contribution in [1.29, 1.82) is 0 Å². The Morgan fingerprint density at radius 2 is 1.87 bits per heavy atom. The molecule has 1 aromatic carbocycles. The molecule has 5 N–H and O–H groups in total. The van der Waals surface area contributed by atoms with Crippen LogP contribution in [0.4, 0.5) is 10.1 Å². The van der Waals surface area contributed by atoms with E-state index in [1.54, 1.807) is 24.8 Å². The maximum absolute atomic E-state index is 13.8. The van der Waals surface area contributed by atoms with Gasteiger partial charge in [-0.25, -0.2) is 4.39 Å². The highest BCUT2D eigenvalue weighted by Crippen LogP contribution is 2.34. The second-order valence-corrected chi connectivity index (χ2v) is 10.0. The number of carbonyl (C=O) groups is 3. The van der Waals surface area contributed by atoms with Gasteiger partial charge < -0.3 is 35.6 Å². The van der Waals surface area contributed by atoms with Crippen molar-refractivity contribution >= 4 is 35.1 Å². The van der Waals surface area contributed by atoms with Crippen LogP contribution in [0.2, 0.25) is 0 Å². The van der Waals surface area contributed by atoms with Crippen LogP contribution in [-0.4, -0.2) is 94.7 Å². The molecule has 2 aliphatic heterocycles. The van der Waals surface area contributed by atoms with E-state index in [4.69, 9.17) is 0 Å². The average molecular weight is 528 g/mol. The first-order chi connectivity index (χ1) is 18.0. The molecular weight excluding hydrogens is 493 g/mol. The summed E-state index contributed by atoms with van der Waals surface area (Å²) in [6, 6.07) is 4.05. The molecule has 0 bridgehead atoms. The molecule has 0 spiro atoms. The smallest absolute Gasteiger partial charge is 0.256 e. The van der Waals surface area contributed by atoms with E-state index in [0.717, 1.165) is 13.1 Å². The summed E-state index contributed by atoms with van der Waals surface area (Å²) in [5, 5.41) is 26.0. The van der Waals surface area contributed by atoms with E-state index in [0.29, 0.717) is 46.9 Å². The fourth-order valence-corrected chi connectivity index (χ4v) is 4.87. The number of halogens is 1. The number of aromatic nitrogens is 1. The first-order valence-electron chi connectivity index (χ1n) is 12.7. The van der Waals surface area contributed by atoms with Gasteiger partial charge in [0.15, 0.2) is 0 Å². The second kappa shape index (κ2) is 11.5. The van der Waals surface area contributed by atoms with Crippen LogP contribution in [0, 0.1) is 19.7 Å². The molecule has 0 radical (unpaired) electrons. The molecule has 3 heterocycles. The van der Waals surface area contributed by atoms with E-state index in [1.165, 1.54) is 18.2 Å². The first kappa shape index (κ1) is 27.5. The van der Waals surface area contributed by atoms with Crippen LogP contribution in [0.25, 0.3) is 11.6 Å². The molecule has 3 amide bonds. The van der Waals surface area contributed by atoms with Gasteiger partial charge in [0.2, 0.25) is 5.91 Å². The molecular formula is C27H34FN5O5. The summed E-state index contributed by atoms with van der Waals surface area (Å²) in [4.78, 5) is 44.7. The van der Waals surface area contributed by atoms with Crippen molar-refractivity contribution in [3.8, 4) is 0 Å². The third-order valence-corrected chi connectivity index (χ3v) is 7.07. The standard InChI is InChI=1S/C27H34FN5O5/c1-15-23(13-21-20-10-17(28)4-5-22(20)31-26(21)37)30-16(2)25(15)27(38)29-14-19(35)11-18(34)12-24(36)33-8-6-32(3)7-9-33/h4-5,10,13,18-19,30,34-35H,6-9,11-12,14H2,1-3H3,(H,29,38)(H,31,37)/t18-,19+/m1/s1. The average Bonchev–Trinajstić information content (AvgIpc) is 3.32. The molecule has 1 fully saturated rings. The van der Waals surface area contributed by atoms with Gasteiger partial charge in [-0.15, -0.1) is 0 Å². The fraction of sp³-hybridized carbons (Fsp3) is 0.444. The van der Waals surface area contributed by atoms with Crippen molar-refractivity contribution in [3.05, 3.63) is 52.1 Å². The molecule has 2 aliphatic rings. The van der Waals surface area contributed by atoms with Gasteiger partial charge in [-0.05, 0) is 50.7 Å². The summed E-state index contributed by atoms with van der Waals surface area (Å²) in [7, 11) is 1.99. The van der Waals surface area contributed by atoms with Gasteiger partial charge in [-0.2, -0.15) is 0 Å². The van der Waals surface area contributed by atoms with Crippen molar-refractivity contribution in [2.75, 3.05) is 45.1 Å². The van der Waals surface area contributed by atoms with Crippen LogP contribution in [-0.2, 0) is 9.59 Å². The minimum absolute atomic E-state index is 0.0483. The molecule has 204 valence electrons. The van der Waals surface area contributed by atoms with Gasteiger partial charge in [0.05, 0.1) is 29.8 Å². The van der Waals surface area contributed by atoms with Gasteiger partial charge in [0.25, 0.3) is 11.8 Å². The highest BCUT2D eigenvalue weighted by molar-refractivity contribution is 6.34. The Morgan fingerprint density at radius 1 is 1.16 bits per heavy atom. The Morgan fingerprint density at radius 3 is 2.58 bits per heavy atom. The second-order valence-electron chi connectivity index (χ2n) is 10.0. The van der Waals surface area contributed by atoms with E-state index < -0.39 is 23.9 Å². The number of aliphatic hydroxyl groups is 2. The number of likely N-dealkylation sites (N-methyl/N-ethyl adjacent to an activating group) is 1. The summed E-state index contributed by atoms with van der Waals surface area (Å²) >= 11 is 0. The number of aromatic amines is 1. The maximum atomic E-state index is 13.8. The summed E-state index contributed by atoms with van der Waals surface area (Å²) in [6.45, 7) is 6.14. The molecule has 2 aromatic rings. The summed E-state index contributed by atoms with van der Waals surface area (Å²) in [5.41, 5.74) is 3.31. The van der Waals surface area contributed by atoms with E-state index in [9.17, 15) is 29.0 Å². The zero-order valence-electron chi connectivity index (χ0n) is 21.8. The molecule has 2 atom stereocenters. The number of carbonyl (C=O) groups excluding carboxylic acids is 3. The lowest BCUT2D eigenvalue weighted by molar-refractivity contribution is -0.135. The number of aryl methyl sites for hydroxylation is 1. The molecule has 0 saturated carbocycles. The van der Waals surface area contributed by atoms with Crippen molar-refractivity contribution in [1.82, 2.24) is 20.1 Å². The molecule has 10 nitrogen and oxygen atoms in total. The number of benzene rings is 1. The zero-order valence-corrected chi connectivity index (χ0v) is 21.8. The number of nitrogens with zero attached hydrogens (tertiary/aromatic N) is 2. The molecule has 0 aliphatic carbocycles. The summed E-state index contributed by atoms with van der Waals surface area (Å²) < 4.78 is 13.8. The Kier molecular flexibility index (Phi) is 8.29. The van der Waals surface area contributed by atoms with Crippen LogP contribution in [0.3, 0.4) is 0 Å². The molecule has 1 aromatic heterocycles. The number of hydrogen-bond donors (Lipinski definition) is 5. The van der Waals surface area contributed by atoms with E-state index in [-0.39, 0.29) is 36.8 Å². The van der Waals surface area contributed by atoms with Crippen LogP contribution in [0.5, 0.6) is 0 Å². The Labute approximate surface area is 220 Å². The number of anilines is 1. The van der Waals surface area contributed by atoms with E-state index in [2.05, 4.69) is 20.5 Å². The lowest BCUT2D eigenvalue weighted by atomic mass is 10.0. The highest BCUT2D eigenvalue weighted by atomic mass is 19.1. The van der Waals surface area contributed by atoms with Crippen LogP contribution in [0.1, 0.15) is 45.7 Å². The van der Waals surface area contributed by atoms with Crippen LogP contribution < -0.4 is 10.6 Å². The number of rotatable bonds is 8. The van der Waals surface area contributed by atoms with Crippen molar-refractivity contribution < 1.29 is 29.0 Å². The number of amides is 3. The number of H-pyrrole nitrogens is 1. The third kappa shape index (κ3) is 6.12. The first-order valence-corrected chi connectivity index (χ1v) is 12.7. The summed E-state index contributed by atoms with van der Waals surface area (Å²) in [5.74, 6) is -1.40. The number of nitrogens with one attached hydrogen (secondary N) is 3. The Bertz CT molecular complexity index is 1260. The minimum Gasteiger partial charge on any atom is -0.392 e. The quantitative estimate of drug-likeness (QED) is 0.328. The molecule has 38 heavy (non-hydrogen) atoms. The predicted octanol–water partition coefficient (Wildman–Crippen LogP) is 1.27. The molecule has 1 saturated heterocycles. The number of hydrogen-bond acceptors (Lipinski definition) is 6. The molecule has 11 heteroatoms. The maximum Gasteiger partial charge on any atom is 0.256 e. The number of aliphatic hydroxyl groups excluding tert-OH is 2. The topological polar surface area (TPSA) is 138 Å². The molecule has 4 rings (SSSR count). The minimum atomic E-state index is -1.04. The number of fused-ring (bicyclic) bond motifs is 1. The van der Waals surface area contributed by atoms with Gasteiger partial charge in [-0.3, -0.25) is 14.4 Å². The lowest BCUT2D eigenvalue weighted by Gasteiger charge is -2.33. The fourth-order valence-electron chi connectivity index (χ4n) is 4.87. The summed E-state index contributed by atoms with van der Waals surface area (Å²) in [6.07, 6.45) is -0.601. The monoisotopic (exact) mass is 527 g/mol. The SMILES string of the molecule is Cc1[nH]c(C=C2C(=O)Nc3ccc(F)cc32)c(C)c1C(=O)NC[C@@H](O)C[C@@H](O)CC(=O)N1CCN(C)CC1. The van der Waals surface area contributed by atoms with Crippen molar-refractivity contribution in [2.45, 2.75) is 38.9 Å². The Balaban J connectivity index is 1.34. The van der Waals surface area contributed by atoms with Gasteiger partial charge >= 0.3 is 0 Å².